The molecule has 96 valence electrons. The Labute approximate surface area is 101 Å². The minimum absolute atomic E-state index is 0.357. The zero-order valence-electron chi connectivity index (χ0n) is 11.4. The van der Waals surface area contributed by atoms with Gasteiger partial charge in [-0.25, -0.2) is 0 Å². The zero-order chi connectivity index (χ0) is 12.0. The quantitative estimate of drug-likeness (QED) is 0.756. The van der Waals surface area contributed by atoms with Gasteiger partial charge in [-0.05, 0) is 37.6 Å². The van der Waals surface area contributed by atoms with Gasteiger partial charge in [0.25, 0.3) is 0 Å². The molecule has 1 aliphatic carbocycles. The van der Waals surface area contributed by atoms with E-state index in [4.69, 9.17) is 5.73 Å². The third kappa shape index (κ3) is 6.49. The van der Waals surface area contributed by atoms with Crippen molar-refractivity contribution in [3.05, 3.63) is 0 Å². The molecule has 1 saturated carbocycles. The van der Waals surface area contributed by atoms with E-state index in [1.54, 1.807) is 0 Å². The fraction of sp³-hybridized carbons (Fsp3) is 1.00. The van der Waals surface area contributed by atoms with E-state index < -0.39 is 0 Å². The lowest BCUT2D eigenvalue weighted by Crippen LogP contribution is -2.36. The maximum atomic E-state index is 6.14. The van der Waals surface area contributed by atoms with Crippen molar-refractivity contribution < 1.29 is 0 Å². The van der Waals surface area contributed by atoms with Gasteiger partial charge in [-0.15, -0.1) is 0 Å². The number of rotatable bonds is 5. The highest BCUT2D eigenvalue weighted by molar-refractivity contribution is 4.75. The minimum atomic E-state index is 0.357. The van der Waals surface area contributed by atoms with Gasteiger partial charge >= 0.3 is 0 Å². The fourth-order valence-corrected chi connectivity index (χ4v) is 2.67. The summed E-state index contributed by atoms with van der Waals surface area (Å²) in [7, 11) is 0. The SMILES string of the molecule is CC(C)(C)CC(N)CCNC1CCCCC1. The number of nitrogens with two attached hydrogens (primary N) is 1. The van der Waals surface area contributed by atoms with Gasteiger partial charge in [0.2, 0.25) is 0 Å². The topological polar surface area (TPSA) is 38.0 Å². The Hall–Kier alpha value is -0.0800. The molecule has 0 radical (unpaired) electrons. The Kier molecular flexibility index (Phi) is 5.77. The largest absolute Gasteiger partial charge is 0.328 e. The molecule has 0 aromatic carbocycles. The van der Waals surface area contributed by atoms with Crippen molar-refractivity contribution >= 4 is 0 Å². The molecule has 0 aromatic heterocycles. The summed E-state index contributed by atoms with van der Waals surface area (Å²) in [5.74, 6) is 0. The summed E-state index contributed by atoms with van der Waals surface area (Å²) in [4.78, 5) is 0. The molecule has 0 spiro atoms. The molecule has 0 heterocycles. The van der Waals surface area contributed by atoms with Gasteiger partial charge in [-0.2, -0.15) is 0 Å². The highest BCUT2D eigenvalue weighted by atomic mass is 14.9. The summed E-state index contributed by atoms with van der Waals surface area (Å²) >= 11 is 0. The van der Waals surface area contributed by atoms with Gasteiger partial charge in [0.15, 0.2) is 0 Å². The smallest absolute Gasteiger partial charge is 0.00670 e. The molecule has 0 amide bonds. The van der Waals surface area contributed by atoms with Crippen LogP contribution in [-0.4, -0.2) is 18.6 Å². The van der Waals surface area contributed by atoms with E-state index in [-0.39, 0.29) is 0 Å². The molecule has 0 aliphatic heterocycles. The van der Waals surface area contributed by atoms with E-state index in [2.05, 4.69) is 26.1 Å². The first-order valence-electron chi connectivity index (χ1n) is 6.96. The van der Waals surface area contributed by atoms with E-state index in [0.717, 1.165) is 25.4 Å². The van der Waals surface area contributed by atoms with Crippen LogP contribution in [-0.2, 0) is 0 Å². The highest BCUT2D eigenvalue weighted by Gasteiger charge is 2.16. The summed E-state index contributed by atoms with van der Waals surface area (Å²) in [5.41, 5.74) is 6.50. The maximum Gasteiger partial charge on any atom is 0.00670 e. The molecular formula is C14H30N2. The molecular weight excluding hydrogens is 196 g/mol. The van der Waals surface area contributed by atoms with Crippen molar-refractivity contribution in [1.82, 2.24) is 5.32 Å². The van der Waals surface area contributed by atoms with Crippen molar-refractivity contribution in [3.8, 4) is 0 Å². The third-order valence-corrected chi connectivity index (χ3v) is 3.43. The van der Waals surface area contributed by atoms with Crippen molar-refractivity contribution in [3.63, 3.8) is 0 Å². The maximum absolute atomic E-state index is 6.14. The van der Waals surface area contributed by atoms with Crippen LogP contribution < -0.4 is 11.1 Å². The summed E-state index contributed by atoms with van der Waals surface area (Å²) in [5, 5.41) is 3.66. The molecule has 2 heteroatoms. The molecule has 1 fully saturated rings. The van der Waals surface area contributed by atoms with Crippen molar-refractivity contribution in [2.45, 2.75) is 77.8 Å². The second-order valence-electron chi connectivity index (χ2n) is 6.60. The summed E-state index contributed by atoms with van der Waals surface area (Å²) in [6, 6.07) is 1.13. The van der Waals surface area contributed by atoms with E-state index in [1.807, 2.05) is 0 Å². The first-order chi connectivity index (χ1) is 7.47. The average molecular weight is 226 g/mol. The van der Waals surface area contributed by atoms with Crippen LogP contribution in [0.5, 0.6) is 0 Å². The standard InChI is InChI=1S/C14H30N2/c1-14(2,3)11-12(15)9-10-16-13-7-5-4-6-8-13/h12-13,16H,4-11,15H2,1-3H3. The van der Waals surface area contributed by atoms with E-state index >= 15 is 0 Å². The van der Waals surface area contributed by atoms with Crippen LogP contribution in [0.2, 0.25) is 0 Å². The molecule has 1 atom stereocenters. The Bertz CT molecular complexity index is 178. The second-order valence-corrected chi connectivity index (χ2v) is 6.60. The molecule has 0 saturated heterocycles. The van der Waals surface area contributed by atoms with Gasteiger partial charge < -0.3 is 11.1 Å². The number of nitrogens with one attached hydrogen (secondary N) is 1. The first-order valence-corrected chi connectivity index (χ1v) is 6.96. The van der Waals surface area contributed by atoms with Crippen LogP contribution in [0.3, 0.4) is 0 Å². The molecule has 1 aliphatic rings. The predicted octanol–water partition coefficient (Wildman–Crippen LogP) is 3.06. The van der Waals surface area contributed by atoms with Gasteiger partial charge in [0, 0.05) is 12.1 Å². The van der Waals surface area contributed by atoms with Gasteiger partial charge in [0.05, 0.1) is 0 Å². The van der Waals surface area contributed by atoms with Crippen LogP contribution in [0.1, 0.15) is 65.7 Å². The van der Waals surface area contributed by atoms with Crippen LogP contribution in [0, 0.1) is 5.41 Å². The van der Waals surface area contributed by atoms with Crippen LogP contribution in [0.25, 0.3) is 0 Å². The molecule has 16 heavy (non-hydrogen) atoms. The van der Waals surface area contributed by atoms with Crippen LogP contribution in [0.15, 0.2) is 0 Å². The number of hydrogen-bond acceptors (Lipinski definition) is 2. The molecule has 1 unspecified atom stereocenters. The summed E-state index contributed by atoms with van der Waals surface area (Å²) in [6.45, 7) is 7.90. The molecule has 0 aromatic rings. The monoisotopic (exact) mass is 226 g/mol. The molecule has 3 N–H and O–H groups in total. The Balaban J connectivity index is 2.05. The zero-order valence-corrected chi connectivity index (χ0v) is 11.4. The van der Waals surface area contributed by atoms with Crippen molar-refractivity contribution in [2.75, 3.05) is 6.54 Å². The lowest BCUT2D eigenvalue weighted by Gasteiger charge is -2.26. The third-order valence-electron chi connectivity index (χ3n) is 3.43. The first kappa shape index (κ1) is 14.0. The lowest BCUT2D eigenvalue weighted by atomic mass is 9.87. The minimum Gasteiger partial charge on any atom is -0.328 e. The summed E-state index contributed by atoms with van der Waals surface area (Å²) < 4.78 is 0. The fourth-order valence-electron chi connectivity index (χ4n) is 2.67. The molecule has 0 bridgehead atoms. The van der Waals surface area contributed by atoms with E-state index in [0.29, 0.717) is 11.5 Å². The Morgan fingerprint density at radius 2 is 1.81 bits per heavy atom. The Morgan fingerprint density at radius 1 is 1.19 bits per heavy atom. The lowest BCUT2D eigenvalue weighted by molar-refractivity contribution is 0.317. The van der Waals surface area contributed by atoms with Crippen LogP contribution in [0.4, 0.5) is 0 Å². The van der Waals surface area contributed by atoms with E-state index in [9.17, 15) is 0 Å². The Morgan fingerprint density at radius 3 is 2.38 bits per heavy atom. The summed E-state index contributed by atoms with van der Waals surface area (Å²) in [6.07, 6.45) is 9.23. The average Bonchev–Trinajstić information content (AvgIpc) is 2.16. The predicted molar refractivity (Wildman–Crippen MR) is 71.5 cm³/mol. The second kappa shape index (κ2) is 6.61. The molecule has 2 nitrogen and oxygen atoms in total. The number of hydrogen-bond donors (Lipinski definition) is 2. The van der Waals surface area contributed by atoms with Gasteiger partial charge in [-0.1, -0.05) is 40.0 Å². The van der Waals surface area contributed by atoms with Crippen molar-refractivity contribution in [1.29, 1.82) is 0 Å². The van der Waals surface area contributed by atoms with E-state index in [1.165, 1.54) is 32.1 Å². The van der Waals surface area contributed by atoms with Gasteiger partial charge in [0.1, 0.15) is 0 Å². The highest BCUT2D eigenvalue weighted by Crippen LogP contribution is 2.21. The van der Waals surface area contributed by atoms with Gasteiger partial charge in [-0.3, -0.25) is 0 Å². The van der Waals surface area contributed by atoms with Crippen LogP contribution >= 0.6 is 0 Å². The van der Waals surface area contributed by atoms with Crippen molar-refractivity contribution in [2.24, 2.45) is 11.1 Å². The molecule has 1 rings (SSSR count). The normalized spacial score (nSPS) is 21.0.